The Bertz CT molecular complexity index is 721. The summed E-state index contributed by atoms with van der Waals surface area (Å²) in [5.41, 5.74) is -0.608. The van der Waals surface area contributed by atoms with Crippen LogP contribution in [0.1, 0.15) is 47.0 Å². The molecule has 1 N–H and O–H groups in total. The molecule has 2 heterocycles. The average Bonchev–Trinajstić information content (AvgIpc) is 3.09. The largest absolute Gasteiger partial charge is 0.416 e. The molecule has 23 heavy (non-hydrogen) atoms. The molecule has 3 rings (SSSR count). The van der Waals surface area contributed by atoms with E-state index in [1.54, 1.807) is 6.92 Å². The van der Waals surface area contributed by atoms with Gasteiger partial charge in [0.05, 0.1) is 11.6 Å². The van der Waals surface area contributed by atoms with Crippen LogP contribution in [0.15, 0.2) is 24.3 Å². The first kappa shape index (κ1) is 15.5. The second kappa shape index (κ2) is 5.68. The molecule has 0 aliphatic carbocycles. The van der Waals surface area contributed by atoms with E-state index in [0.29, 0.717) is 5.82 Å². The summed E-state index contributed by atoms with van der Waals surface area (Å²) in [6.07, 6.45) is -2.55. The minimum Gasteiger partial charge on any atom is -0.342 e. The van der Waals surface area contributed by atoms with Gasteiger partial charge < -0.3 is 9.88 Å². The van der Waals surface area contributed by atoms with Crippen LogP contribution < -0.4 is 5.32 Å². The Hall–Kier alpha value is -2.38. The molecular weight excluding hydrogens is 309 g/mol. The van der Waals surface area contributed by atoms with Crippen LogP contribution in [-0.2, 0) is 19.1 Å². The van der Waals surface area contributed by atoms with Crippen LogP contribution in [-0.4, -0.2) is 20.7 Å². The lowest BCUT2D eigenvalue weighted by Gasteiger charge is -2.14. The lowest BCUT2D eigenvalue weighted by Crippen LogP contribution is -2.28. The van der Waals surface area contributed by atoms with Crippen molar-refractivity contribution < 1.29 is 18.0 Å². The SMILES string of the molecule is C[C@@H](NC(=O)c1ccc(C(F)(F)F)cc1)c1nnc2n1CCC2. The lowest BCUT2D eigenvalue weighted by atomic mass is 10.1. The first-order valence-electron chi connectivity index (χ1n) is 7.26. The van der Waals surface area contributed by atoms with Gasteiger partial charge >= 0.3 is 6.18 Å². The highest BCUT2D eigenvalue weighted by molar-refractivity contribution is 5.94. The summed E-state index contributed by atoms with van der Waals surface area (Å²) in [4.78, 5) is 12.2. The molecule has 122 valence electrons. The second-order valence-corrected chi connectivity index (χ2v) is 5.50. The van der Waals surface area contributed by atoms with Crippen molar-refractivity contribution in [2.45, 2.75) is 38.5 Å². The van der Waals surface area contributed by atoms with E-state index in [0.717, 1.165) is 37.3 Å². The normalized spacial score (nSPS) is 15.3. The molecule has 2 aromatic rings. The molecule has 1 aliphatic heterocycles. The third-order valence-corrected chi connectivity index (χ3v) is 3.85. The highest BCUT2D eigenvalue weighted by Crippen LogP contribution is 2.29. The Kier molecular flexibility index (Phi) is 3.83. The van der Waals surface area contributed by atoms with E-state index >= 15 is 0 Å². The molecule has 1 amide bonds. The zero-order chi connectivity index (χ0) is 16.6. The maximum atomic E-state index is 12.5. The summed E-state index contributed by atoms with van der Waals surface area (Å²) in [6.45, 7) is 2.59. The van der Waals surface area contributed by atoms with Crippen LogP contribution >= 0.6 is 0 Å². The van der Waals surface area contributed by atoms with Gasteiger partial charge in [0.1, 0.15) is 5.82 Å². The summed E-state index contributed by atoms with van der Waals surface area (Å²) in [6, 6.07) is 3.75. The Morgan fingerprint density at radius 3 is 2.61 bits per heavy atom. The van der Waals surface area contributed by atoms with E-state index in [2.05, 4.69) is 15.5 Å². The number of benzene rings is 1. The summed E-state index contributed by atoms with van der Waals surface area (Å²) in [5, 5.41) is 10.9. The molecule has 5 nitrogen and oxygen atoms in total. The molecule has 1 aromatic carbocycles. The molecule has 0 radical (unpaired) electrons. The predicted molar refractivity (Wildman–Crippen MR) is 75.7 cm³/mol. The van der Waals surface area contributed by atoms with Crippen LogP contribution in [0.3, 0.4) is 0 Å². The number of alkyl halides is 3. The molecule has 1 aromatic heterocycles. The van der Waals surface area contributed by atoms with Crippen LogP contribution in [0.25, 0.3) is 0 Å². The first-order chi connectivity index (χ1) is 10.9. The monoisotopic (exact) mass is 324 g/mol. The van der Waals surface area contributed by atoms with Gasteiger partial charge in [0.25, 0.3) is 5.91 Å². The highest BCUT2D eigenvalue weighted by atomic mass is 19.4. The van der Waals surface area contributed by atoms with Gasteiger partial charge in [0, 0.05) is 18.5 Å². The Labute approximate surface area is 130 Å². The van der Waals surface area contributed by atoms with Crippen molar-refractivity contribution in [3.63, 3.8) is 0 Å². The number of nitrogens with zero attached hydrogens (tertiary/aromatic N) is 3. The van der Waals surface area contributed by atoms with Gasteiger partial charge in [-0.25, -0.2) is 0 Å². The smallest absolute Gasteiger partial charge is 0.342 e. The number of carbonyl (C=O) groups is 1. The lowest BCUT2D eigenvalue weighted by molar-refractivity contribution is -0.137. The summed E-state index contributed by atoms with van der Waals surface area (Å²) < 4.78 is 39.5. The van der Waals surface area contributed by atoms with Gasteiger partial charge in [-0.15, -0.1) is 10.2 Å². The standard InChI is InChI=1S/C15H15F3N4O/c1-9(13-21-20-12-3-2-8-22(12)13)19-14(23)10-4-6-11(7-5-10)15(16,17)18/h4-7,9H,2-3,8H2,1H3,(H,19,23)/t9-/m1/s1. The number of amides is 1. The van der Waals surface area contributed by atoms with Crippen LogP contribution in [0.5, 0.6) is 0 Å². The molecular formula is C15H15F3N4O. The van der Waals surface area contributed by atoms with Gasteiger partial charge in [-0.3, -0.25) is 4.79 Å². The second-order valence-electron chi connectivity index (χ2n) is 5.50. The topological polar surface area (TPSA) is 59.8 Å². The number of hydrogen-bond donors (Lipinski definition) is 1. The van der Waals surface area contributed by atoms with Crippen LogP contribution in [0.4, 0.5) is 13.2 Å². The fourth-order valence-electron chi connectivity index (χ4n) is 2.65. The number of hydrogen-bond acceptors (Lipinski definition) is 3. The van der Waals surface area contributed by atoms with E-state index in [1.807, 2.05) is 4.57 Å². The number of aryl methyl sites for hydroxylation is 1. The number of rotatable bonds is 3. The van der Waals surface area contributed by atoms with Gasteiger partial charge in [0.15, 0.2) is 5.82 Å². The number of carbonyl (C=O) groups excluding carboxylic acids is 1. The first-order valence-corrected chi connectivity index (χ1v) is 7.26. The highest BCUT2D eigenvalue weighted by Gasteiger charge is 2.30. The Balaban J connectivity index is 1.71. The van der Waals surface area contributed by atoms with E-state index < -0.39 is 17.6 Å². The Morgan fingerprint density at radius 1 is 1.26 bits per heavy atom. The zero-order valence-electron chi connectivity index (χ0n) is 12.4. The zero-order valence-corrected chi connectivity index (χ0v) is 12.4. The number of aromatic nitrogens is 3. The fraction of sp³-hybridized carbons (Fsp3) is 0.400. The van der Waals surface area contributed by atoms with E-state index in [4.69, 9.17) is 0 Å². The van der Waals surface area contributed by atoms with Crippen molar-refractivity contribution in [3.05, 3.63) is 47.0 Å². The van der Waals surface area contributed by atoms with Gasteiger partial charge in [-0.1, -0.05) is 0 Å². The van der Waals surface area contributed by atoms with Crippen molar-refractivity contribution in [1.29, 1.82) is 0 Å². The summed E-state index contributed by atoms with van der Waals surface area (Å²) in [7, 11) is 0. The van der Waals surface area contributed by atoms with Crippen molar-refractivity contribution in [2.24, 2.45) is 0 Å². The fourth-order valence-corrected chi connectivity index (χ4v) is 2.65. The number of halogens is 3. The number of fused-ring (bicyclic) bond motifs is 1. The minimum absolute atomic E-state index is 0.172. The molecule has 0 saturated carbocycles. The van der Waals surface area contributed by atoms with Crippen LogP contribution in [0, 0.1) is 0 Å². The molecule has 0 fully saturated rings. The predicted octanol–water partition coefficient (Wildman–Crippen LogP) is 2.73. The van der Waals surface area contributed by atoms with Gasteiger partial charge in [-0.05, 0) is 37.6 Å². The molecule has 1 aliphatic rings. The molecule has 0 bridgehead atoms. The van der Waals surface area contributed by atoms with Gasteiger partial charge in [0.2, 0.25) is 0 Å². The summed E-state index contributed by atoms with van der Waals surface area (Å²) >= 11 is 0. The maximum absolute atomic E-state index is 12.5. The third-order valence-electron chi connectivity index (χ3n) is 3.85. The van der Waals surface area contributed by atoms with E-state index in [9.17, 15) is 18.0 Å². The molecule has 1 atom stereocenters. The molecule has 0 saturated heterocycles. The maximum Gasteiger partial charge on any atom is 0.416 e. The minimum atomic E-state index is -4.41. The Morgan fingerprint density at radius 2 is 1.96 bits per heavy atom. The molecule has 0 spiro atoms. The van der Waals surface area contributed by atoms with E-state index in [-0.39, 0.29) is 11.6 Å². The van der Waals surface area contributed by atoms with Gasteiger partial charge in [-0.2, -0.15) is 13.2 Å². The molecule has 0 unspecified atom stereocenters. The van der Waals surface area contributed by atoms with E-state index in [1.165, 1.54) is 12.1 Å². The molecule has 8 heteroatoms. The summed E-state index contributed by atoms with van der Waals surface area (Å²) in [5.74, 6) is 1.12. The van der Waals surface area contributed by atoms with Crippen molar-refractivity contribution in [3.8, 4) is 0 Å². The number of nitrogens with one attached hydrogen (secondary N) is 1. The van der Waals surface area contributed by atoms with Crippen LogP contribution in [0.2, 0.25) is 0 Å². The van der Waals surface area contributed by atoms with Crippen molar-refractivity contribution in [1.82, 2.24) is 20.1 Å². The van der Waals surface area contributed by atoms with Crippen molar-refractivity contribution in [2.75, 3.05) is 0 Å². The van der Waals surface area contributed by atoms with Crippen molar-refractivity contribution >= 4 is 5.91 Å². The third kappa shape index (κ3) is 3.06. The average molecular weight is 324 g/mol. The quantitative estimate of drug-likeness (QED) is 0.944.